The average molecular weight is 278 g/mol. The minimum Gasteiger partial charge on any atom is -0.375 e. The van der Waals surface area contributed by atoms with E-state index in [-0.39, 0.29) is 11.9 Å². The van der Waals surface area contributed by atoms with Crippen molar-refractivity contribution < 1.29 is 9.13 Å². The Bertz CT molecular complexity index is 480. The average Bonchev–Trinajstić information content (AvgIpc) is 2.93. The Kier molecular flexibility index (Phi) is 4.06. The molecular formula is C16H23FN2O. The van der Waals surface area contributed by atoms with Crippen LogP contribution in [-0.2, 0) is 4.74 Å². The van der Waals surface area contributed by atoms with E-state index in [1.54, 1.807) is 13.0 Å². The Morgan fingerprint density at radius 1 is 1.45 bits per heavy atom. The summed E-state index contributed by atoms with van der Waals surface area (Å²) < 4.78 is 19.7. The largest absolute Gasteiger partial charge is 0.375 e. The van der Waals surface area contributed by atoms with Crippen LogP contribution in [-0.4, -0.2) is 36.7 Å². The van der Waals surface area contributed by atoms with E-state index in [1.807, 2.05) is 12.1 Å². The second-order valence-electron chi connectivity index (χ2n) is 5.91. The van der Waals surface area contributed by atoms with Crippen LogP contribution < -0.4 is 5.73 Å². The summed E-state index contributed by atoms with van der Waals surface area (Å²) in [4.78, 5) is 2.44. The molecule has 20 heavy (non-hydrogen) atoms. The molecule has 2 N–H and O–H groups in total. The maximum absolute atomic E-state index is 13.8. The van der Waals surface area contributed by atoms with Crippen molar-refractivity contribution in [2.75, 3.05) is 19.7 Å². The first-order chi connectivity index (χ1) is 9.70. The third-order valence-corrected chi connectivity index (χ3v) is 4.73. The number of morpholine rings is 1. The van der Waals surface area contributed by atoms with Gasteiger partial charge >= 0.3 is 0 Å². The van der Waals surface area contributed by atoms with Crippen LogP contribution >= 0.6 is 0 Å². The number of fused-ring (bicyclic) bond motifs is 1. The molecule has 3 atom stereocenters. The summed E-state index contributed by atoms with van der Waals surface area (Å²) in [6, 6.07) is 6.04. The first-order valence-electron chi connectivity index (χ1n) is 7.54. The van der Waals surface area contributed by atoms with Gasteiger partial charge in [0.2, 0.25) is 0 Å². The minimum atomic E-state index is -0.141. The van der Waals surface area contributed by atoms with Crippen LogP contribution in [0.1, 0.15) is 36.4 Å². The predicted octanol–water partition coefficient (Wildman–Crippen LogP) is 2.39. The second kappa shape index (κ2) is 5.80. The highest BCUT2D eigenvalue weighted by Gasteiger charge is 2.39. The van der Waals surface area contributed by atoms with Crippen LogP contribution in [0, 0.1) is 12.7 Å². The van der Waals surface area contributed by atoms with Crippen molar-refractivity contribution in [3.63, 3.8) is 0 Å². The molecule has 2 aliphatic rings. The van der Waals surface area contributed by atoms with Crippen molar-refractivity contribution in [2.24, 2.45) is 5.73 Å². The van der Waals surface area contributed by atoms with Crippen LogP contribution in [0.3, 0.4) is 0 Å². The van der Waals surface area contributed by atoms with Gasteiger partial charge in [-0.2, -0.15) is 0 Å². The molecule has 1 heterocycles. The maximum atomic E-state index is 13.8. The van der Waals surface area contributed by atoms with E-state index in [9.17, 15) is 4.39 Å². The highest BCUT2D eigenvalue weighted by Crippen LogP contribution is 2.35. The highest BCUT2D eigenvalue weighted by molar-refractivity contribution is 5.26. The predicted molar refractivity (Wildman–Crippen MR) is 77.0 cm³/mol. The molecule has 1 aromatic rings. The van der Waals surface area contributed by atoms with Gasteiger partial charge in [0.15, 0.2) is 0 Å². The molecule has 1 aromatic carbocycles. The summed E-state index contributed by atoms with van der Waals surface area (Å²) in [5.74, 6) is -0.141. The lowest BCUT2D eigenvalue weighted by Gasteiger charge is -2.42. The Balaban J connectivity index is 1.86. The van der Waals surface area contributed by atoms with Gasteiger partial charge in [0, 0.05) is 25.2 Å². The van der Waals surface area contributed by atoms with Crippen molar-refractivity contribution in [3.05, 3.63) is 35.1 Å². The van der Waals surface area contributed by atoms with Crippen molar-refractivity contribution in [3.8, 4) is 0 Å². The lowest BCUT2D eigenvalue weighted by atomic mass is 9.99. The summed E-state index contributed by atoms with van der Waals surface area (Å²) in [7, 11) is 0. The molecule has 0 spiro atoms. The Labute approximate surface area is 119 Å². The third kappa shape index (κ3) is 2.48. The Morgan fingerprint density at radius 3 is 3.05 bits per heavy atom. The van der Waals surface area contributed by atoms with Crippen LogP contribution in [0.25, 0.3) is 0 Å². The molecule has 0 bridgehead atoms. The molecule has 0 aromatic heterocycles. The van der Waals surface area contributed by atoms with E-state index >= 15 is 0 Å². The van der Waals surface area contributed by atoms with Gasteiger partial charge < -0.3 is 10.5 Å². The minimum absolute atomic E-state index is 0.0969. The van der Waals surface area contributed by atoms with Crippen molar-refractivity contribution in [1.29, 1.82) is 0 Å². The standard InChI is InChI=1S/C16H23FN2O/c1-11-5-6-12(9-13(11)17)15(10-18)19-7-8-20-16-4-2-3-14(16)19/h5-6,9,14-16H,2-4,7-8,10,18H2,1H3. The molecule has 4 heteroatoms. The molecule has 3 unspecified atom stereocenters. The van der Waals surface area contributed by atoms with Gasteiger partial charge in [-0.3, -0.25) is 4.90 Å². The molecule has 0 amide bonds. The number of nitrogens with two attached hydrogens (primary N) is 1. The summed E-state index contributed by atoms with van der Waals surface area (Å²) in [6.07, 6.45) is 3.86. The highest BCUT2D eigenvalue weighted by atomic mass is 19.1. The molecular weight excluding hydrogens is 255 g/mol. The molecule has 0 radical (unpaired) electrons. The van der Waals surface area contributed by atoms with E-state index in [4.69, 9.17) is 10.5 Å². The number of ether oxygens (including phenoxy) is 1. The van der Waals surface area contributed by atoms with Gasteiger partial charge in [-0.05, 0) is 43.4 Å². The third-order valence-electron chi connectivity index (χ3n) is 4.73. The molecule has 3 rings (SSSR count). The van der Waals surface area contributed by atoms with Gasteiger partial charge in [0.05, 0.1) is 12.7 Å². The molecule has 1 aliphatic carbocycles. The van der Waals surface area contributed by atoms with Crippen molar-refractivity contribution >= 4 is 0 Å². The second-order valence-corrected chi connectivity index (χ2v) is 5.91. The summed E-state index contributed by atoms with van der Waals surface area (Å²) >= 11 is 0. The fourth-order valence-corrected chi connectivity index (χ4v) is 3.62. The van der Waals surface area contributed by atoms with Gasteiger partial charge in [0.25, 0.3) is 0 Å². The Morgan fingerprint density at radius 2 is 2.30 bits per heavy atom. The zero-order chi connectivity index (χ0) is 14.1. The number of hydrogen-bond donors (Lipinski definition) is 1. The molecule has 1 saturated carbocycles. The zero-order valence-corrected chi connectivity index (χ0v) is 12.0. The number of hydrogen-bond acceptors (Lipinski definition) is 3. The number of halogens is 1. The lowest BCUT2D eigenvalue weighted by Crippen LogP contribution is -2.51. The first-order valence-corrected chi connectivity index (χ1v) is 7.54. The number of rotatable bonds is 3. The van der Waals surface area contributed by atoms with E-state index in [2.05, 4.69) is 4.90 Å². The maximum Gasteiger partial charge on any atom is 0.126 e. The smallest absolute Gasteiger partial charge is 0.126 e. The quantitative estimate of drug-likeness (QED) is 0.922. The molecule has 110 valence electrons. The normalized spacial score (nSPS) is 28.4. The SMILES string of the molecule is Cc1ccc(C(CN)N2CCOC3CCCC32)cc1F. The van der Waals surface area contributed by atoms with E-state index in [1.165, 1.54) is 6.42 Å². The fraction of sp³-hybridized carbons (Fsp3) is 0.625. The molecule has 1 saturated heterocycles. The van der Waals surface area contributed by atoms with E-state index in [0.29, 0.717) is 24.3 Å². The van der Waals surface area contributed by atoms with Crippen molar-refractivity contribution in [2.45, 2.75) is 44.4 Å². The molecule has 3 nitrogen and oxygen atoms in total. The number of benzene rings is 1. The summed E-state index contributed by atoms with van der Waals surface area (Å²) in [5.41, 5.74) is 7.68. The number of aryl methyl sites for hydroxylation is 1. The van der Waals surface area contributed by atoms with Crippen LogP contribution in [0.2, 0.25) is 0 Å². The van der Waals surface area contributed by atoms with Gasteiger partial charge in [-0.15, -0.1) is 0 Å². The monoisotopic (exact) mass is 278 g/mol. The van der Waals surface area contributed by atoms with Gasteiger partial charge in [0.1, 0.15) is 5.82 Å². The Hall–Kier alpha value is -0.970. The van der Waals surface area contributed by atoms with Crippen molar-refractivity contribution in [1.82, 2.24) is 4.90 Å². The lowest BCUT2D eigenvalue weighted by molar-refractivity contribution is -0.0711. The van der Waals surface area contributed by atoms with Crippen LogP contribution in [0.4, 0.5) is 4.39 Å². The fourth-order valence-electron chi connectivity index (χ4n) is 3.62. The topological polar surface area (TPSA) is 38.5 Å². The number of nitrogens with zero attached hydrogens (tertiary/aromatic N) is 1. The summed E-state index contributed by atoms with van der Waals surface area (Å²) in [5, 5.41) is 0. The molecule has 2 fully saturated rings. The first kappa shape index (κ1) is 14.0. The van der Waals surface area contributed by atoms with Crippen LogP contribution in [0.5, 0.6) is 0 Å². The molecule has 1 aliphatic heterocycles. The zero-order valence-electron chi connectivity index (χ0n) is 12.0. The van der Waals surface area contributed by atoms with E-state index < -0.39 is 0 Å². The van der Waals surface area contributed by atoms with E-state index in [0.717, 1.165) is 31.6 Å². The summed E-state index contributed by atoms with van der Waals surface area (Å²) in [6.45, 7) is 3.95. The van der Waals surface area contributed by atoms with Gasteiger partial charge in [-0.1, -0.05) is 12.1 Å². The van der Waals surface area contributed by atoms with Crippen LogP contribution in [0.15, 0.2) is 18.2 Å². The van der Waals surface area contributed by atoms with Gasteiger partial charge in [-0.25, -0.2) is 4.39 Å².